The molecule has 1 amide bonds. The van der Waals surface area contributed by atoms with Crippen molar-refractivity contribution in [3.63, 3.8) is 0 Å². The third-order valence-corrected chi connectivity index (χ3v) is 5.11. The molecular weight excluding hydrogens is 328 g/mol. The summed E-state index contributed by atoms with van der Waals surface area (Å²) in [5, 5.41) is 3.08. The lowest BCUT2D eigenvalue weighted by Crippen LogP contribution is -2.42. The lowest BCUT2D eigenvalue weighted by Gasteiger charge is -2.27. The minimum Gasteiger partial charge on any atom is -0.493 e. The fraction of sp³-hybridized carbons (Fsp3) is 0.381. The molecule has 26 heavy (non-hydrogen) atoms. The third-order valence-electron chi connectivity index (χ3n) is 5.11. The highest BCUT2D eigenvalue weighted by Crippen LogP contribution is 2.34. The maximum atomic E-state index is 12.6. The van der Waals surface area contributed by atoms with Gasteiger partial charge >= 0.3 is 0 Å². The molecule has 1 N–H and O–H groups in total. The summed E-state index contributed by atoms with van der Waals surface area (Å²) in [6.45, 7) is 2.66. The number of hydrogen-bond acceptors (Lipinski definition) is 4. The van der Waals surface area contributed by atoms with E-state index in [9.17, 15) is 4.79 Å². The SMILES string of the molecule is COc1cccc2c1OCC(NC(=O)c1ccc(N3CCCC3)cc1)C2. The molecule has 0 saturated carbocycles. The Bertz CT molecular complexity index is 782. The van der Waals surface area contributed by atoms with Crippen molar-refractivity contribution in [2.75, 3.05) is 31.7 Å². The van der Waals surface area contributed by atoms with Crippen LogP contribution in [0, 0.1) is 0 Å². The first-order valence-corrected chi connectivity index (χ1v) is 9.19. The second kappa shape index (κ2) is 7.28. The van der Waals surface area contributed by atoms with E-state index in [0.29, 0.717) is 12.2 Å². The van der Waals surface area contributed by atoms with Gasteiger partial charge in [0.15, 0.2) is 11.5 Å². The molecule has 0 bridgehead atoms. The molecular formula is C21H24N2O3. The minimum atomic E-state index is -0.0575. The van der Waals surface area contributed by atoms with Crippen LogP contribution in [-0.2, 0) is 6.42 Å². The predicted octanol–water partition coefficient (Wildman–Crippen LogP) is 3.03. The Morgan fingerprint density at radius 1 is 1.15 bits per heavy atom. The van der Waals surface area contributed by atoms with E-state index in [1.807, 2.05) is 42.5 Å². The summed E-state index contributed by atoms with van der Waals surface area (Å²) in [6, 6.07) is 13.7. The molecule has 1 atom stereocenters. The summed E-state index contributed by atoms with van der Waals surface area (Å²) in [7, 11) is 1.64. The summed E-state index contributed by atoms with van der Waals surface area (Å²) in [6.07, 6.45) is 3.23. The van der Waals surface area contributed by atoms with Crippen LogP contribution in [0.2, 0.25) is 0 Å². The number of carbonyl (C=O) groups excluding carboxylic acids is 1. The number of benzene rings is 2. The summed E-state index contributed by atoms with van der Waals surface area (Å²) < 4.78 is 11.2. The molecule has 0 aliphatic carbocycles. The number of para-hydroxylation sites is 1. The van der Waals surface area contributed by atoms with E-state index in [2.05, 4.69) is 10.2 Å². The quantitative estimate of drug-likeness (QED) is 0.919. The van der Waals surface area contributed by atoms with Crippen LogP contribution >= 0.6 is 0 Å². The van der Waals surface area contributed by atoms with Gasteiger partial charge in [0, 0.05) is 29.9 Å². The zero-order valence-corrected chi connectivity index (χ0v) is 15.0. The zero-order chi connectivity index (χ0) is 17.9. The number of methoxy groups -OCH3 is 1. The highest BCUT2D eigenvalue weighted by Gasteiger charge is 2.24. The number of nitrogens with zero attached hydrogens (tertiary/aromatic N) is 1. The molecule has 5 nitrogen and oxygen atoms in total. The number of ether oxygens (including phenoxy) is 2. The Kier molecular flexibility index (Phi) is 4.69. The van der Waals surface area contributed by atoms with Gasteiger partial charge in [-0.1, -0.05) is 12.1 Å². The first-order chi connectivity index (χ1) is 12.7. The van der Waals surface area contributed by atoms with E-state index in [0.717, 1.165) is 36.6 Å². The highest BCUT2D eigenvalue weighted by atomic mass is 16.5. The van der Waals surface area contributed by atoms with Crippen molar-refractivity contribution in [1.29, 1.82) is 0 Å². The first-order valence-electron chi connectivity index (χ1n) is 9.19. The second-order valence-corrected chi connectivity index (χ2v) is 6.88. The lowest BCUT2D eigenvalue weighted by molar-refractivity contribution is 0.0914. The maximum Gasteiger partial charge on any atom is 0.251 e. The fourth-order valence-electron chi connectivity index (χ4n) is 3.72. The summed E-state index contributed by atoms with van der Waals surface area (Å²) in [5.74, 6) is 1.47. The summed E-state index contributed by atoms with van der Waals surface area (Å²) in [4.78, 5) is 14.9. The zero-order valence-electron chi connectivity index (χ0n) is 15.0. The molecule has 0 aromatic heterocycles. The van der Waals surface area contributed by atoms with Crippen LogP contribution in [0.5, 0.6) is 11.5 Å². The van der Waals surface area contributed by atoms with Gasteiger partial charge in [-0.25, -0.2) is 0 Å². The number of fused-ring (bicyclic) bond motifs is 1. The molecule has 0 radical (unpaired) electrons. The van der Waals surface area contributed by atoms with Crippen molar-refractivity contribution in [1.82, 2.24) is 5.32 Å². The van der Waals surface area contributed by atoms with Gasteiger partial charge in [0.1, 0.15) is 6.61 Å². The minimum absolute atomic E-state index is 0.0413. The van der Waals surface area contributed by atoms with Crippen molar-refractivity contribution < 1.29 is 14.3 Å². The Morgan fingerprint density at radius 2 is 1.92 bits per heavy atom. The van der Waals surface area contributed by atoms with Crippen LogP contribution in [0.4, 0.5) is 5.69 Å². The van der Waals surface area contributed by atoms with Crippen molar-refractivity contribution in [2.24, 2.45) is 0 Å². The van der Waals surface area contributed by atoms with Gasteiger partial charge < -0.3 is 19.7 Å². The van der Waals surface area contributed by atoms with Crippen LogP contribution in [-0.4, -0.2) is 38.8 Å². The average Bonchev–Trinajstić information content (AvgIpc) is 3.22. The number of carbonyl (C=O) groups is 1. The van der Waals surface area contributed by atoms with Crippen LogP contribution < -0.4 is 19.7 Å². The van der Waals surface area contributed by atoms with Crippen LogP contribution in [0.3, 0.4) is 0 Å². The van der Waals surface area contributed by atoms with Gasteiger partial charge in [0.25, 0.3) is 5.91 Å². The van der Waals surface area contributed by atoms with E-state index < -0.39 is 0 Å². The molecule has 136 valence electrons. The van der Waals surface area contributed by atoms with E-state index in [-0.39, 0.29) is 11.9 Å². The Hall–Kier alpha value is -2.69. The number of nitrogens with one attached hydrogen (secondary N) is 1. The highest BCUT2D eigenvalue weighted by molar-refractivity contribution is 5.94. The fourth-order valence-corrected chi connectivity index (χ4v) is 3.72. The molecule has 1 saturated heterocycles. The van der Waals surface area contributed by atoms with Crippen molar-refractivity contribution in [3.8, 4) is 11.5 Å². The monoisotopic (exact) mass is 352 g/mol. The van der Waals surface area contributed by atoms with Gasteiger partial charge in [-0.3, -0.25) is 4.79 Å². The molecule has 1 unspecified atom stereocenters. The predicted molar refractivity (Wildman–Crippen MR) is 101 cm³/mol. The lowest BCUT2D eigenvalue weighted by atomic mass is 10.0. The van der Waals surface area contributed by atoms with E-state index in [1.165, 1.54) is 18.5 Å². The first kappa shape index (κ1) is 16.8. The Labute approximate surface area is 153 Å². The average molecular weight is 352 g/mol. The standard InChI is InChI=1S/C21H24N2O3/c1-25-19-6-4-5-16-13-17(14-26-20(16)19)22-21(24)15-7-9-18(10-8-15)23-11-2-3-12-23/h4-10,17H,2-3,11-14H2,1H3,(H,22,24). The molecule has 1 fully saturated rings. The molecule has 0 spiro atoms. The second-order valence-electron chi connectivity index (χ2n) is 6.88. The smallest absolute Gasteiger partial charge is 0.251 e. The normalized spacial score (nSPS) is 18.8. The van der Waals surface area contributed by atoms with Gasteiger partial charge in [0.2, 0.25) is 0 Å². The molecule has 4 rings (SSSR count). The van der Waals surface area contributed by atoms with Gasteiger partial charge in [0.05, 0.1) is 13.2 Å². The summed E-state index contributed by atoms with van der Waals surface area (Å²) >= 11 is 0. The van der Waals surface area contributed by atoms with Crippen LogP contribution in [0.25, 0.3) is 0 Å². The molecule has 2 aliphatic heterocycles. The van der Waals surface area contributed by atoms with Crippen LogP contribution in [0.1, 0.15) is 28.8 Å². The van der Waals surface area contributed by atoms with E-state index in [4.69, 9.17) is 9.47 Å². The van der Waals surface area contributed by atoms with Gasteiger partial charge in [-0.15, -0.1) is 0 Å². The van der Waals surface area contributed by atoms with Crippen LogP contribution in [0.15, 0.2) is 42.5 Å². The number of amides is 1. The Morgan fingerprint density at radius 3 is 2.65 bits per heavy atom. The number of anilines is 1. The van der Waals surface area contributed by atoms with E-state index in [1.54, 1.807) is 7.11 Å². The topological polar surface area (TPSA) is 50.8 Å². The molecule has 2 aliphatic rings. The maximum absolute atomic E-state index is 12.6. The Balaban J connectivity index is 1.40. The van der Waals surface area contributed by atoms with Crippen molar-refractivity contribution >= 4 is 11.6 Å². The molecule has 5 heteroatoms. The van der Waals surface area contributed by atoms with Crippen molar-refractivity contribution in [2.45, 2.75) is 25.3 Å². The molecule has 2 aromatic carbocycles. The molecule has 2 heterocycles. The van der Waals surface area contributed by atoms with E-state index >= 15 is 0 Å². The largest absolute Gasteiger partial charge is 0.493 e. The van der Waals surface area contributed by atoms with Gasteiger partial charge in [-0.2, -0.15) is 0 Å². The number of rotatable bonds is 4. The van der Waals surface area contributed by atoms with Gasteiger partial charge in [-0.05, 0) is 49.6 Å². The third kappa shape index (κ3) is 3.34. The number of hydrogen-bond donors (Lipinski definition) is 1. The summed E-state index contributed by atoms with van der Waals surface area (Å²) in [5.41, 5.74) is 2.94. The van der Waals surface area contributed by atoms with Crippen molar-refractivity contribution in [3.05, 3.63) is 53.6 Å². The molecule has 2 aromatic rings.